The average Bonchev–Trinajstić information content (AvgIpc) is 2.89. The van der Waals surface area contributed by atoms with Gasteiger partial charge in [-0.15, -0.1) is 0 Å². The molecule has 0 fully saturated rings. The molecule has 0 saturated heterocycles. The third kappa shape index (κ3) is 3.14. The largest absolute Gasteiger partial charge is 0.496 e. The Hall–Kier alpha value is -1.52. The van der Waals surface area contributed by atoms with E-state index in [-0.39, 0.29) is 6.04 Å². The Kier molecular flexibility index (Phi) is 5.04. The number of hydrogen-bond donors (Lipinski definition) is 1. The lowest BCUT2D eigenvalue weighted by atomic mass is 10.0. The Morgan fingerprint density at radius 1 is 1.45 bits per heavy atom. The summed E-state index contributed by atoms with van der Waals surface area (Å²) in [5.41, 5.74) is 2.11. The van der Waals surface area contributed by atoms with Gasteiger partial charge in [-0.3, -0.25) is 4.68 Å². The van der Waals surface area contributed by atoms with Gasteiger partial charge in [0.2, 0.25) is 0 Å². The molecule has 0 radical (unpaired) electrons. The molecule has 0 aliphatic heterocycles. The first-order valence-electron chi connectivity index (χ1n) is 6.72. The quantitative estimate of drug-likeness (QED) is 0.888. The van der Waals surface area contributed by atoms with Crippen LogP contribution in [0.2, 0.25) is 5.02 Å². The Morgan fingerprint density at radius 2 is 2.25 bits per heavy atom. The molecular weight excluding hydrogens is 274 g/mol. The van der Waals surface area contributed by atoms with Gasteiger partial charge in [0.05, 0.1) is 19.3 Å². The molecule has 1 unspecified atom stereocenters. The average molecular weight is 294 g/mol. The van der Waals surface area contributed by atoms with Gasteiger partial charge in [0, 0.05) is 28.9 Å². The Morgan fingerprint density at radius 3 is 2.90 bits per heavy atom. The fourth-order valence-corrected chi connectivity index (χ4v) is 2.49. The van der Waals surface area contributed by atoms with Crippen LogP contribution in [0, 0.1) is 0 Å². The van der Waals surface area contributed by atoms with Gasteiger partial charge in [0.25, 0.3) is 0 Å². The Balaban J connectivity index is 2.38. The molecule has 20 heavy (non-hydrogen) atoms. The normalized spacial score (nSPS) is 12.4. The van der Waals surface area contributed by atoms with Crippen molar-refractivity contribution >= 4 is 11.6 Å². The first-order chi connectivity index (χ1) is 9.69. The highest BCUT2D eigenvalue weighted by Crippen LogP contribution is 2.31. The van der Waals surface area contributed by atoms with Crippen molar-refractivity contribution in [1.82, 2.24) is 15.1 Å². The zero-order valence-electron chi connectivity index (χ0n) is 12.1. The topological polar surface area (TPSA) is 39.1 Å². The summed E-state index contributed by atoms with van der Waals surface area (Å²) in [6.45, 7) is 3.06. The molecule has 0 bridgehead atoms. The second kappa shape index (κ2) is 6.77. The van der Waals surface area contributed by atoms with Crippen molar-refractivity contribution in [3.63, 3.8) is 0 Å². The molecule has 1 N–H and O–H groups in total. The molecule has 108 valence electrons. The lowest BCUT2D eigenvalue weighted by molar-refractivity contribution is 0.405. The van der Waals surface area contributed by atoms with Crippen LogP contribution in [0.15, 0.2) is 30.6 Å². The molecule has 4 nitrogen and oxygen atoms in total. The van der Waals surface area contributed by atoms with Crippen molar-refractivity contribution < 1.29 is 4.74 Å². The fourth-order valence-electron chi connectivity index (χ4n) is 2.31. The van der Waals surface area contributed by atoms with Crippen molar-refractivity contribution in [1.29, 1.82) is 0 Å². The third-order valence-electron chi connectivity index (χ3n) is 3.23. The van der Waals surface area contributed by atoms with Gasteiger partial charge in [-0.25, -0.2) is 0 Å². The maximum Gasteiger partial charge on any atom is 0.124 e. The third-order valence-corrected chi connectivity index (χ3v) is 3.47. The van der Waals surface area contributed by atoms with E-state index in [0.29, 0.717) is 5.02 Å². The summed E-state index contributed by atoms with van der Waals surface area (Å²) in [7, 11) is 3.59. The van der Waals surface area contributed by atoms with E-state index in [0.717, 1.165) is 29.8 Å². The van der Waals surface area contributed by atoms with E-state index in [9.17, 15) is 0 Å². The van der Waals surface area contributed by atoms with E-state index in [1.807, 2.05) is 36.1 Å². The molecule has 1 aromatic carbocycles. The molecule has 5 heteroatoms. The molecule has 0 aliphatic carbocycles. The molecule has 1 atom stereocenters. The van der Waals surface area contributed by atoms with Crippen LogP contribution in [-0.4, -0.2) is 23.9 Å². The van der Waals surface area contributed by atoms with Gasteiger partial charge in [0.1, 0.15) is 5.75 Å². The maximum atomic E-state index is 6.11. The van der Waals surface area contributed by atoms with Crippen LogP contribution < -0.4 is 10.1 Å². The molecule has 2 rings (SSSR count). The minimum atomic E-state index is 0.00857. The summed E-state index contributed by atoms with van der Waals surface area (Å²) >= 11 is 6.11. The monoisotopic (exact) mass is 293 g/mol. The maximum absolute atomic E-state index is 6.11. The van der Waals surface area contributed by atoms with Crippen molar-refractivity contribution in [3.8, 4) is 5.75 Å². The van der Waals surface area contributed by atoms with Gasteiger partial charge in [-0.1, -0.05) is 18.5 Å². The van der Waals surface area contributed by atoms with Crippen LogP contribution in [0.3, 0.4) is 0 Å². The van der Waals surface area contributed by atoms with Gasteiger partial charge >= 0.3 is 0 Å². The Bertz CT molecular complexity index is 568. The highest BCUT2D eigenvalue weighted by molar-refractivity contribution is 6.30. The highest BCUT2D eigenvalue weighted by atomic mass is 35.5. The number of aromatic nitrogens is 2. The lowest BCUT2D eigenvalue weighted by Gasteiger charge is -2.18. The predicted octanol–water partition coefficient (Wildman–Crippen LogP) is 3.26. The van der Waals surface area contributed by atoms with E-state index >= 15 is 0 Å². The second-order valence-electron chi connectivity index (χ2n) is 4.64. The molecule has 0 amide bonds. The van der Waals surface area contributed by atoms with Gasteiger partial charge < -0.3 is 10.1 Å². The van der Waals surface area contributed by atoms with Crippen LogP contribution in [0.5, 0.6) is 5.75 Å². The first-order valence-corrected chi connectivity index (χ1v) is 7.10. The molecule has 0 saturated carbocycles. The van der Waals surface area contributed by atoms with Gasteiger partial charge in [-0.05, 0) is 31.7 Å². The zero-order valence-corrected chi connectivity index (χ0v) is 12.8. The summed E-state index contributed by atoms with van der Waals surface area (Å²) in [5.74, 6) is 0.817. The van der Waals surface area contributed by atoms with Crippen LogP contribution in [0.4, 0.5) is 0 Å². The number of rotatable bonds is 6. The summed E-state index contributed by atoms with van der Waals surface area (Å²) < 4.78 is 7.39. The smallest absolute Gasteiger partial charge is 0.124 e. The standard InChI is InChI=1S/C15H20ClN3O/c1-4-7-19-10-11(9-18-19)15(17-2)13-8-12(16)5-6-14(13)20-3/h5-6,8-10,15,17H,4,7H2,1-3H3. The van der Waals surface area contributed by atoms with E-state index in [1.54, 1.807) is 7.11 Å². The minimum Gasteiger partial charge on any atom is -0.496 e. The molecule has 0 spiro atoms. The van der Waals surface area contributed by atoms with Crippen molar-refractivity contribution in [3.05, 3.63) is 46.7 Å². The van der Waals surface area contributed by atoms with Crippen LogP contribution in [0.25, 0.3) is 0 Å². The summed E-state index contributed by atoms with van der Waals surface area (Å²) in [6, 6.07) is 5.66. The number of benzene rings is 1. The molecule has 1 aromatic heterocycles. The van der Waals surface area contributed by atoms with E-state index in [1.165, 1.54) is 0 Å². The predicted molar refractivity (Wildman–Crippen MR) is 81.4 cm³/mol. The van der Waals surface area contributed by atoms with E-state index < -0.39 is 0 Å². The van der Waals surface area contributed by atoms with E-state index in [2.05, 4.69) is 23.5 Å². The summed E-state index contributed by atoms with van der Waals surface area (Å²) in [5, 5.41) is 8.38. The number of nitrogens with zero attached hydrogens (tertiary/aromatic N) is 2. The highest BCUT2D eigenvalue weighted by Gasteiger charge is 2.18. The van der Waals surface area contributed by atoms with Crippen LogP contribution >= 0.6 is 11.6 Å². The molecule has 1 heterocycles. The fraction of sp³-hybridized carbons (Fsp3) is 0.400. The number of nitrogens with one attached hydrogen (secondary N) is 1. The zero-order chi connectivity index (χ0) is 14.5. The van der Waals surface area contributed by atoms with Crippen LogP contribution in [0.1, 0.15) is 30.5 Å². The van der Waals surface area contributed by atoms with Gasteiger partial charge in [-0.2, -0.15) is 5.10 Å². The number of methoxy groups -OCH3 is 1. The van der Waals surface area contributed by atoms with Crippen molar-refractivity contribution in [2.24, 2.45) is 0 Å². The lowest BCUT2D eigenvalue weighted by Crippen LogP contribution is -2.18. The first kappa shape index (κ1) is 14.9. The summed E-state index contributed by atoms with van der Waals surface area (Å²) in [4.78, 5) is 0. The second-order valence-corrected chi connectivity index (χ2v) is 5.08. The SMILES string of the molecule is CCCn1cc(C(NC)c2cc(Cl)ccc2OC)cn1. The molecular formula is C15H20ClN3O. The van der Waals surface area contributed by atoms with Crippen LogP contribution in [-0.2, 0) is 6.54 Å². The minimum absolute atomic E-state index is 0.00857. The number of hydrogen-bond acceptors (Lipinski definition) is 3. The number of halogens is 1. The molecule has 0 aliphatic rings. The van der Waals surface area contributed by atoms with E-state index in [4.69, 9.17) is 16.3 Å². The Labute approximate surface area is 124 Å². The van der Waals surface area contributed by atoms with Crippen molar-refractivity contribution in [2.45, 2.75) is 25.9 Å². The summed E-state index contributed by atoms with van der Waals surface area (Å²) in [6.07, 6.45) is 5.01. The van der Waals surface area contributed by atoms with Gasteiger partial charge in [0.15, 0.2) is 0 Å². The molecule has 2 aromatic rings. The number of aryl methyl sites for hydroxylation is 1. The van der Waals surface area contributed by atoms with Crippen molar-refractivity contribution in [2.75, 3.05) is 14.2 Å². The number of ether oxygens (including phenoxy) is 1.